The van der Waals surface area contributed by atoms with Crippen molar-refractivity contribution >= 4 is 113 Å². The minimum Gasteiger partial charge on any atom is -0.497 e. The lowest BCUT2D eigenvalue weighted by molar-refractivity contribution is 0.415. The minimum atomic E-state index is -0.682. The molecule has 2 aliphatic heterocycles. The van der Waals surface area contributed by atoms with Crippen LogP contribution in [0.1, 0.15) is 22.3 Å². The highest BCUT2D eigenvalue weighted by Gasteiger charge is 2.55. The molecule has 0 radical (unpaired) electrons. The molecular weight excluding hydrogens is 1050 g/mol. The third-order valence-electron chi connectivity index (χ3n) is 18.6. The van der Waals surface area contributed by atoms with Crippen molar-refractivity contribution in [3.63, 3.8) is 0 Å². The number of methoxy groups -OCH3 is 2. The highest BCUT2D eigenvalue weighted by atomic mass is 32.2. The normalized spacial score (nSPS) is 15.0. The fourth-order valence-corrected chi connectivity index (χ4v) is 17.8. The van der Waals surface area contributed by atoms with Crippen molar-refractivity contribution in [2.75, 3.05) is 14.2 Å². The monoisotopic (exact) mass is 1090 g/mol. The van der Waals surface area contributed by atoms with Gasteiger partial charge in [-0.25, -0.2) is 0 Å². The molecule has 18 rings (SSSR count). The molecule has 0 amide bonds. The summed E-state index contributed by atoms with van der Waals surface area (Å²) in [6, 6.07) is 96.2. The Labute approximate surface area is 490 Å². The maximum absolute atomic E-state index is 5.87. The topological polar surface area (TPSA) is 28.3 Å². The molecule has 0 saturated heterocycles. The summed E-state index contributed by atoms with van der Waals surface area (Å²) < 4.78 is 16.7. The largest absolute Gasteiger partial charge is 0.497 e. The lowest BCUT2D eigenvalue weighted by Crippen LogP contribution is -2.55. The Morgan fingerprint density at radius 2 is 0.735 bits per heavy atom. The maximum atomic E-state index is 5.87. The number of ether oxygens (including phenoxy) is 2. The number of hydrogen-bond acceptors (Lipinski definition) is 4. The molecule has 2 aliphatic carbocycles. The van der Waals surface area contributed by atoms with E-state index in [-0.39, 0.29) is 13.4 Å². The van der Waals surface area contributed by atoms with Crippen molar-refractivity contribution in [2.45, 2.75) is 25.0 Å². The van der Waals surface area contributed by atoms with Crippen LogP contribution in [0.3, 0.4) is 0 Å². The molecule has 1 unspecified atom stereocenters. The van der Waals surface area contributed by atoms with Gasteiger partial charge in [0.05, 0.1) is 41.7 Å². The number of hydrogen-bond donors (Lipinski definition) is 0. The second-order valence-electron chi connectivity index (χ2n) is 22.5. The highest BCUT2D eigenvalue weighted by molar-refractivity contribution is 8.00. The van der Waals surface area contributed by atoms with Crippen molar-refractivity contribution < 1.29 is 9.47 Å². The number of aromatic nitrogens is 2. The fourth-order valence-electron chi connectivity index (χ4n) is 15.2. The summed E-state index contributed by atoms with van der Waals surface area (Å²) >= 11 is 3.90. The Morgan fingerprint density at radius 1 is 0.337 bits per heavy atom. The molecule has 1 spiro atoms. The zero-order valence-corrected chi connectivity index (χ0v) is 47.1. The molecule has 0 bridgehead atoms. The molecule has 0 saturated carbocycles. The van der Waals surface area contributed by atoms with E-state index >= 15 is 0 Å². The van der Waals surface area contributed by atoms with Crippen LogP contribution in [-0.2, 0) is 5.41 Å². The zero-order chi connectivity index (χ0) is 54.7. The van der Waals surface area contributed by atoms with E-state index in [2.05, 4.69) is 264 Å². The molecule has 4 nitrogen and oxygen atoms in total. The van der Waals surface area contributed by atoms with Gasteiger partial charge in [-0.2, -0.15) is 0 Å². The van der Waals surface area contributed by atoms with Crippen molar-refractivity contribution in [2.24, 2.45) is 0 Å². The van der Waals surface area contributed by atoms with E-state index in [0.717, 1.165) is 44.7 Å². The van der Waals surface area contributed by atoms with E-state index in [1.165, 1.54) is 119 Å². The number of nitrogens with zero attached hydrogens (tertiary/aromatic N) is 2. The van der Waals surface area contributed by atoms with Crippen molar-refractivity contribution in [1.29, 1.82) is 0 Å². The Bertz CT molecular complexity index is 4990. The first-order valence-electron chi connectivity index (χ1n) is 28.5. The van der Waals surface area contributed by atoms with Gasteiger partial charge < -0.3 is 18.6 Å². The summed E-state index contributed by atoms with van der Waals surface area (Å²) in [6.07, 6.45) is 0. The SMILES string of the molecule is COc1ccc2c(c1)c1cc(OC)ccc1n2-c1ccc2c(c1)-c1c(ccc3c1Sc1ccccc1B3c1ccccc1)C21c2ccc(-n3c4ccccc4c4ccccc43)cc2-c2c1ccc1c2Sc2ccccc2B1c1ccccc1. The van der Waals surface area contributed by atoms with Crippen LogP contribution in [0.25, 0.3) is 77.2 Å². The van der Waals surface area contributed by atoms with Crippen LogP contribution < -0.4 is 42.3 Å². The summed E-state index contributed by atoms with van der Waals surface area (Å²) in [4.78, 5) is 5.26. The van der Waals surface area contributed by atoms with Gasteiger partial charge in [0.1, 0.15) is 11.5 Å². The van der Waals surface area contributed by atoms with E-state index < -0.39 is 5.41 Å². The van der Waals surface area contributed by atoms with Crippen molar-refractivity contribution in [1.82, 2.24) is 9.13 Å². The molecule has 4 aliphatic rings. The molecule has 2 aromatic heterocycles. The fraction of sp³-hybridized carbons (Fsp3) is 0.0400. The first kappa shape index (κ1) is 47.3. The molecule has 0 fully saturated rings. The molecule has 1 atom stereocenters. The number of para-hydroxylation sites is 2. The second-order valence-corrected chi connectivity index (χ2v) is 24.6. The second kappa shape index (κ2) is 17.8. The van der Waals surface area contributed by atoms with E-state index in [1.54, 1.807) is 14.2 Å². The van der Waals surface area contributed by atoms with Crippen LogP contribution in [-0.4, -0.2) is 36.8 Å². The standard InChI is InChI=1S/C75H48B2N2O2S2/c1-80-49-31-39-67-53(43-49)54-44-50(81-2)32-40-68(54)79(67)48-30-34-58-56(42-48)72-60(36-38-64-74(72)83-70-28-16-12-24-62(70)77(64)46-19-7-4-8-20-46)75(58)57-33-29-47(78-65-25-13-9-21-51(65)52-22-10-14-26-66(52)78)41-55(57)71-59(75)35-37-63-73(71)82-69-27-15-11-23-61(69)76(63)45-17-5-3-6-18-45/h3-44H,1-2H3. The zero-order valence-electron chi connectivity index (χ0n) is 45.4. The quantitative estimate of drug-likeness (QED) is 0.155. The predicted octanol–water partition coefficient (Wildman–Crippen LogP) is 14.2. The predicted molar refractivity (Wildman–Crippen MR) is 348 cm³/mol. The van der Waals surface area contributed by atoms with Crippen LogP contribution in [0.15, 0.2) is 274 Å². The van der Waals surface area contributed by atoms with Gasteiger partial charge in [0.25, 0.3) is 0 Å². The van der Waals surface area contributed by atoms with Gasteiger partial charge >= 0.3 is 0 Å². The van der Waals surface area contributed by atoms with E-state index in [4.69, 9.17) is 9.47 Å². The maximum Gasteiger partial charge on any atom is 0.244 e. The number of benzene rings is 12. The molecule has 0 N–H and O–H groups in total. The molecule has 8 heteroatoms. The first-order chi connectivity index (χ1) is 41.1. The third kappa shape index (κ3) is 6.48. The van der Waals surface area contributed by atoms with Crippen LogP contribution in [0.5, 0.6) is 11.5 Å². The minimum absolute atomic E-state index is 0.0507. The van der Waals surface area contributed by atoms with E-state index in [0.29, 0.717) is 0 Å². The molecule has 83 heavy (non-hydrogen) atoms. The lowest BCUT2D eigenvalue weighted by Gasteiger charge is -2.33. The van der Waals surface area contributed by atoms with Gasteiger partial charge in [0.2, 0.25) is 13.4 Å². The highest BCUT2D eigenvalue weighted by Crippen LogP contribution is 2.66. The Hall–Kier alpha value is -9.33. The van der Waals surface area contributed by atoms with Crippen LogP contribution in [0.2, 0.25) is 0 Å². The van der Waals surface area contributed by atoms with Gasteiger partial charge in [-0.1, -0.05) is 226 Å². The summed E-state index contributed by atoms with van der Waals surface area (Å²) in [5.74, 6) is 1.64. The van der Waals surface area contributed by atoms with Crippen LogP contribution >= 0.6 is 23.5 Å². The average Bonchev–Trinajstić information content (AvgIpc) is 1.54. The van der Waals surface area contributed by atoms with Gasteiger partial charge in [-0.15, -0.1) is 0 Å². The number of fused-ring (bicyclic) bond motifs is 22. The molecule has 388 valence electrons. The molecular formula is C75H48B2N2O2S2. The Kier molecular flexibility index (Phi) is 10.2. The van der Waals surface area contributed by atoms with Crippen molar-refractivity contribution in [3.8, 4) is 45.1 Å². The average molecular weight is 1090 g/mol. The van der Waals surface area contributed by atoms with E-state index in [1.807, 2.05) is 23.5 Å². The number of rotatable bonds is 6. The summed E-state index contributed by atoms with van der Waals surface area (Å²) in [7, 11) is 3.49. The third-order valence-corrected chi connectivity index (χ3v) is 21.1. The van der Waals surface area contributed by atoms with Gasteiger partial charge in [0, 0.05) is 63.6 Å². The Balaban J connectivity index is 0.969. The van der Waals surface area contributed by atoms with Gasteiger partial charge in [0.15, 0.2) is 0 Å². The van der Waals surface area contributed by atoms with Gasteiger partial charge in [-0.05, 0) is 118 Å². The molecule has 12 aromatic carbocycles. The first-order valence-corrected chi connectivity index (χ1v) is 30.2. The van der Waals surface area contributed by atoms with Crippen LogP contribution in [0, 0.1) is 0 Å². The van der Waals surface area contributed by atoms with Crippen molar-refractivity contribution in [3.05, 3.63) is 277 Å². The molecule has 4 heterocycles. The summed E-state index contributed by atoms with van der Waals surface area (Å²) in [5.41, 5.74) is 24.6. The Morgan fingerprint density at radius 3 is 1.19 bits per heavy atom. The van der Waals surface area contributed by atoms with E-state index in [9.17, 15) is 0 Å². The summed E-state index contributed by atoms with van der Waals surface area (Å²) in [6.45, 7) is 0.111. The lowest BCUT2D eigenvalue weighted by atomic mass is 9.36. The molecule has 14 aromatic rings. The summed E-state index contributed by atoms with van der Waals surface area (Å²) in [5, 5.41) is 4.73. The van der Waals surface area contributed by atoms with Crippen LogP contribution in [0.4, 0.5) is 0 Å². The smallest absolute Gasteiger partial charge is 0.244 e. The van der Waals surface area contributed by atoms with Gasteiger partial charge in [-0.3, -0.25) is 0 Å².